The van der Waals surface area contributed by atoms with Gasteiger partial charge < -0.3 is 4.90 Å². The first-order valence-corrected chi connectivity index (χ1v) is 12.9. The highest BCUT2D eigenvalue weighted by Gasteiger charge is 2.41. The van der Waals surface area contributed by atoms with E-state index in [2.05, 4.69) is 9.88 Å². The van der Waals surface area contributed by atoms with Crippen molar-refractivity contribution in [3.8, 4) is 0 Å². The number of alkyl halides is 6. The molecule has 0 amide bonds. The minimum atomic E-state index is -4.85. The van der Waals surface area contributed by atoms with Crippen LogP contribution in [0.3, 0.4) is 0 Å². The Balaban J connectivity index is 1.29. The molecule has 1 spiro atoms. The van der Waals surface area contributed by atoms with Gasteiger partial charge >= 0.3 is 12.4 Å². The zero-order valence-corrected chi connectivity index (χ0v) is 21.1. The summed E-state index contributed by atoms with van der Waals surface area (Å²) in [6.45, 7) is 3.10. The predicted octanol–water partition coefficient (Wildman–Crippen LogP) is 6.09. The van der Waals surface area contributed by atoms with Gasteiger partial charge in [-0.25, -0.2) is 0 Å². The van der Waals surface area contributed by atoms with Gasteiger partial charge in [0.05, 0.1) is 21.4 Å². The number of benzene rings is 2. The smallest absolute Gasteiger partial charge is 0.348 e. The molecule has 2 saturated heterocycles. The fraction of sp³-hybridized carbons (Fsp3) is 0.440. The van der Waals surface area contributed by atoms with Crippen molar-refractivity contribution < 1.29 is 31.3 Å². The summed E-state index contributed by atoms with van der Waals surface area (Å²) in [5.74, 6) is 0. The lowest BCUT2D eigenvalue weighted by molar-refractivity contribution is -0.383. The maximum Gasteiger partial charge on any atom is 0.416 e. The van der Waals surface area contributed by atoms with Gasteiger partial charge in [-0.2, -0.15) is 31.3 Å². The monoisotopic (exact) mass is 572 g/mol. The maximum atomic E-state index is 13.2. The summed E-state index contributed by atoms with van der Waals surface area (Å²) in [7, 11) is 0. The molecule has 208 valence electrons. The van der Waals surface area contributed by atoms with E-state index in [1.54, 1.807) is 0 Å². The highest BCUT2D eigenvalue weighted by Crippen LogP contribution is 2.43. The van der Waals surface area contributed by atoms with Crippen LogP contribution in [0.25, 0.3) is 10.1 Å². The molecule has 39 heavy (non-hydrogen) atoms. The van der Waals surface area contributed by atoms with Crippen LogP contribution in [0.15, 0.2) is 41.2 Å². The average molecular weight is 573 g/mol. The number of anilines is 1. The Labute approximate surface area is 221 Å². The van der Waals surface area contributed by atoms with Gasteiger partial charge in [0.1, 0.15) is 4.70 Å². The van der Waals surface area contributed by atoms with Crippen molar-refractivity contribution in [2.45, 2.75) is 38.2 Å². The second-order valence-corrected chi connectivity index (χ2v) is 11.0. The summed E-state index contributed by atoms with van der Waals surface area (Å²) in [4.78, 5) is 31.3. The molecule has 3 heterocycles. The number of nitrogens with zero attached hydrogens (tertiary/aromatic N) is 4. The summed E-state index contributed by atoms with van der Waals surface area (Å²) < 4.78 is 78.0. The number of fused-ring (bicyclic) bond motifs is 1. The quantitative estimate of drug-likeness (QED) is 0.214. The second-order valence-electron chi connectivity index (χ2n) is 10.1. The molecule has 0 aliphatic carbocycles. The highest BCUT2D eigenvalue weighted by atomic mass is 32.1. The second kappa shape index (κ2) is 9.73. The third-order valence-corrected chi connectivity index (χ3v) is 8.68. The molecule has 2 aromatic carbocycles. The molecule has 0 radical (unpaired) electrons. The number of piperidine rings is 1. The number of aromatic nitrogens is 1. The molecular formula is C25H22F6N4O3S. The number of halogens is 6. The third kappa shape index (κ3) is 5.57. The number of nitro groups is 1. The Morgan fingerprint density at radius 3 is 2.15 bits per heavy atom. The van der Waals surface area contributed by atoms with Crippen LogP contribution in [0.2, 0.25) is 0 Å². The Morgan fingerprint density at radius 2 is 1.56 bits per heavy atom. The number of nitro benzene ring substituents is 1. The van der Waals surface area contributed by atoms with E-state index in [0.29, 0.717) is 31.8 Å². The molecule has 0 N–H and O–H groups in total. The van der Waals surface area contributed by atoms with E-state index < -0.39 is 45.0 Å². The van der Waals surface area contributed by atoms with Crippen molar-refractivity contribution in [2.75, 3.05) is 31.1 Å². The first-order valence-electron chi connectivity index (χ1n) is 12.1. The Hall–Kier alpha value is -3.26. The summed E-state index contributed by atoms with van der Waals surface area (Å²) in [5.41, 5.74) is -2.92. The molecule has 3 aromatic rings. The van der Waals surface area contributed by atoms with Gasteiger partial charge in [0.25, 0.3) is 11.2 Å². The van der Waals surface area contributed by atoms with Crippen LogP contribution < -0.4 is 10.5 Å². The van der Waals surface area contributed by atoms with Crippen molar-refractivity contribution in [1.82, 2.24) is 9.88 Å². The lowest BCUT2D eigenvalue weighted by atomic mass is 9.78. The van der Waals surface area contributed by atoms with Crippen LogP contribution in [0.5, 0.6) is 0 Å². The molecule has 0 bridgehead atoms. The van der Waals surface area contributed by atoms with E-state index in [1.165, 1.54) is 12.1 Å². The van der Waals surface area contributed by atoms with E-state index in [4.69, 9.17) is 0 Å². The topological polar surface area (TPSA) is 79.6 Å². The molecule has 2 fully saturated rings. The number of rotatable bonds is 4. The molecule has 7 nitrogen and oxygen atoms in total. The van der Waals surface area contributed by atoms with Crippen LogP contribution in [-0.4, -0.2) is 41.0 Å². The minimum absolute atomic E-state index is 0.0160. The zero-order valence-electron chi connectivity index (χ0n) is 20.3. The van der Waals surface area contributed by atoms with Crippen LogP contribution in [-0.2, 0) is 18.9 Å². The van der Waals surface area contributed by atoms with E-state index in [0.717, 1.165) is 61.4 Å². The molecule has 14 heteroatoms. The molecule has 2 aliphatic heterocycles. The van der Waals surface area contributed by atoms with E-state index in [-0.39, 0.29) is 15.2 Å². The van der Waals surface area contributed by atoms with Crippen molar-refractivity contribution in [1.29, 1.82) is 0 Å². The number of hydrogen-bond donors (Lipinski definition) is 0. The largest absolute Gasteiger partial charge is 0.416 e. The van der Waals surface area contributed by atoms with Crippen LogP contribution in [0.4, 0.5) is 37.2 Å². The molecule has 1 aromatic heterocycles. The van der Waals surface area contributed by atoms with Crippen molar-refractivity contribution in [2.24, 2.45) is 5.41 Å². The molecule has 0 unspecified atom stereocenters. The summed E-state index contributed by atoms with van der Waals surface area (Å²) in [6.07, 6.45) is -6.85. The van der Waals surface area contributed by atoms with Gasteiger partial charge in [-0.1, -0.05) is 23.5 Å². The standard InChI is InChI=1S/C25H22F6N4O3S/c26-24(27,28)16-3-1-15(2-4-16)13-33-8-5-23(14-33)6-9-34(10-7-23)22-32-21(36)18-11-17(25(29,30)31)12-19(35(37)38)20(18)39-22/h1-4,11-12H,5-10,13-14H2. The predicted molar refractivity (Wildman–Crippen MR) is 133 cm³/mol. The third-order valence-electron chi connectivity index (χ3n) is 7.51. The van der Waals surface area contributed by atoms with Crippen LogP contribution in [0.1, 0.15) is 36.0 Å². The molecule has 5 rings (SSSR count). The molecule has 2 aliphatic rings. The Morgan fingerprint density at radius 1 is 0.949 bits per heavy atom. The van der Waals surface area contributed by atoms with Crippen LogP contribution in [0, 0.1) is 15.5 Å². The summed E-state index contributed by atoms with van der Waals surface area (Å²) >= 11 is 0.833. The lowest BCUT2D eigenvalue weighted by Gasteiger charge is -2.39. The minimum Gasteiger partial charge on any atom is -0.348 e. The van der Waals surface area contributed by atoms with Crippen molar-refractivity contribution >= 4 is 32.2 Å². The fourth-order valence-corrected chi connectivity index (χ4v) is 6.49. The Bertz CT molecular complexity index is 1460. The number of hydrogen-bond acceptors (Lipinski definition) is 7. The summed E-state index contributed by atoms with van der Waals surface area (Å²) in [6, 6.07) is 6.18. The first kappa shape index (κ1) is 27.3. The van der Waals surface area contributed by atoms with Gasteiger partial charge in [0.2, 0.25) is 0 Å². The average Bonchev–Trinajstić information content (AvgIpc) is 3.24. The van der Waals surface area contributed by atoms with Gasteiger partial charge in [0, 0.05) is 32.2 Å². The molecular weight excluding hydrogens is 550 g/mol. The van der Waals surface area contributed by atoms with Crippen molar-refractivity contribution in [3.05, 3.63) is 73.6 Å². The van der Waals surface area contributed by atoms with Gasteiger partial charge in [-0.3, -0.25) is 19.8 Å². The zero-order chi connectivity index (χ0) is 28.2. The number of likely N-dealkylation sites (tertiary alicyclic amines) is 1. The molecule has 0 atom stereocenters. The van der Waals surface area contributed by atoms with E-state index in [1.807, 2.05) is 4.90 Å². The van der Waals surface area contributed by atoms with Gasteiger partial charge in [-0.05, 0) is 55.0 Å². The van der Waals surface area contributed by atoms with Gasteiger partial charge in [0.15, 0.2) is 5.13 Å². The van der Waals surface area contributed by atoms with Crippen LogP contribution >= 0.6 is 11.3 Å². The van der Waals surface area contributed by atoms with Gasteiger partial charge in [-0.15, -0.1) is 0 Å². The van der Waals surface area contributed by atoms with E-state index in [9.17, 15) is 41.3 Å². The first-order chi connectivity index (χ1) is 18.2. The fourth-order valence-electron chi connectivity index (χ4n) is 5.38. The van der Waals surface area contributed by atoms with E-state index >= 15 is 0 Å². The normalized spacial score (nSPS) is 18.3. The highest BCUT2D eigenvalue weighted by molar-refractivity contribution is 7.22. The number of non-ortho nitro benzene ring substituents is 1. The summed E-state index contributed by atoms with van der Waals surface area (Å²) in [5, 5.41) is 11.3. The maximum absolute atomic E-state index is 13.2. The van der Waals surface area contributed by atoms with Crippen molar-refractivity contribution in [3.63, 3.8) is 0 Å². The SMILES string of the molecule is O=c1nc(N2CCC3(CCN(Cc4ccc(C(F)(F)F)cc4)C3)CC2)sc2c([N+](=O)[O-])cc(C(F)(F)F)cc12. The Kier molecular flexibility index (Phi) is 6.82. The molecule has 0 saturated carbocycles. The lowest BCUT2D eigenvalue weighted by Crippen LogP contribution is -2.42.